The van der Waals surface area contributed by atoms with E-state index in [2.05, 4.69) is 43.0 Å². The maximum atomic E-state index is 5.67. The summed E-state index contributed by atoms with van der Waals surface area (Å²) in [5, 5.41) is 0. The molecule has 0 aliphatic carbocycles. The predicted octanol–water partition coefficient (Wildman–Crippen LogP) is 2.15. The largest absolute Gasteiger partial charge is 0.454 e. The molecule has 0 saturated carbocycles. The first-order valence-electron chi connectivity index (χ1n) is 10.4. The van der Waals surface area contributed by atoms with Crippen LogP contribution in [0.25, 0.3) is 11.2 Å². The van der Waals surface area contributed by atoms with E-state index in [0.717, 1.165) is 35.0 Å². The molecule has 29 heavy (non-hydrogen) atoms. The molecule has 8 nitrogen and oxygen atoms in total. The molecule has 7 heterocycles. The number of rotatable bonds is 2. The van der Waals surface area contributed by atoms with Gasteiger partial charge >= 0.3 is 0 Å². The third-order valence-corrected chi connectivity index (χ3v) is 7.29. The van der Waals surface area contributed by atoms with Crippen molar-refractivity contribution in [2.75, 3.05) is 31.3 Å². The summed E-state index contributed by atoms with van der Waals surface area (Å²) in [7, 11) is 0. The van der Waals surface area contributed by atoms with E-state index in [4.69, 9.17) is 14.5 Å². The van der Waals surface area contributed by atoms with Gasteiger partial charge in [0.2, 0.25) is 6.79 Å². The van der Waals surface area contributed by atoms with Crippen LogP contribution in [0.2, 0.25) is 0 Å². The number of aromatic amines is 1. The molecule has 8 heteroatoms. The van der Waals surface area contributed by atoms with Crippen molar-refractivity contribution in [3.63, 3.8) is 0 Å². The molecule has 148 valence electrons. The lowest BCUT2D eigenvalue weighted by Gasteiger charge is -2.51. The van der Waals surface area contributed by atoms with Crippen molar-refractivity contribution in [1.82, 2.24) is 24.8 Å². The summed E-state index contributed by atoms with van der Waals surface area (Å²) in [6.07, 6.45) is 5.89. The zero-order chi connectivity index (χ0) is 18.9. The number of benzene rings is 1. The number of piperidine rings is 3. The normalized spacial score (nSPS) is 32.1. The molecule has 0 radical (unpaired) electrons. The second-order valence-electron chi connectivity index (χ2n) is 8.52. The smallest absolute Gasteiger partial charge is 0.231 e. The van der Waals surface area contributed by atoms with E-state index < -0.39 is 0 Å². The van der Waals surface area contributed by atoms with Crippen LogP contribution < -0.4 is 14.4 Å². The predicted molar refractivity (Wildman–Crippen MR) is 106 cm³/mol. The average Bonchev–Trinajstić information content (AvgIpc) is 3.51. The van der Waals surface area contributed by atoms with E-state index in [-0.39, 0.29) is 0 Å². The number of imidazole rings is 1. The molecular weight excluding hydrogens is 368 g/mol. The summed E-state index contributed by atoms with van der Waals surface area (Å²) in [6.45, 7) is 3.65. The number of nitrogens with zero attached hydrogens (tertiary/aromatic N) is 5. The fraction of sp³-hybridized carbons (Fsp3) is 0.476. The maximum absolute atomic E-state index is 5.67. The van der Waals surface area contributed by atoms with Crippen LogP contribution >= 0.6 is 0 Å². The standard InChI is InChI=1S/C21H22N6O2/c1-2-15-16(29-11-28-15)7-13(1)14-8-27(18-12-3-5-26(6-4-12)19(14)18)21-17-20(23-9-22-17)24-10-25-21/h1-2,7,9-10,12,14,18-19H,3-6,8,11H2,(H,22,23,24,25)/t14-,18+,19+/m1/s1. The maximum Gasteiger partial charge on any atom is 0.231 e. The molecule has 3 atom stereocenters. The average molecular weight is 390 g/mol. The van der Waals surface area contributed by atoms with Crippen LogP contribution in [-0.4, -0.2) is 63.3 Å². The Bertz CT molecular complexity index is 1090. The van der Waals surface area contributed by atoms with Gasteiger partial charge in [-0.15, -0.1) is 0 Å². The van der Waals surface area contributed by atoms with Crippen LogP contribution in [0.15, 0.2) is 30.9 Å². The van der Waals surface area contributed by atoms with Crippen LogP contribution in [0.4, 0.5) is 5.82 Å². The Morgan fingerprint density at radius 3 is 2.83 bits per heavy atom. The Morgan fingerprint density at radius 2 is 1.90 bits per heavy atom. The molecule has 5 aliphatic rings. The van der Waals surface area contributed by atoms with E-state index in [1.54, 1.807) is 12.7 Å². The fourth-order valence-electron chi connectivity index (χ4n) is 6.07. The number of fused-ring (bicyclic) bond motifs is 4. The molecule has 4 fully saturated rings. The number of hydrogen-bond donors (Lipinski definition) is 1. The lowest BCUT2D eigenvalue weighted by Crippen LogP contribution is -2.60. The minimum atomic E-state index is 0.314. The van der Waals surface area contributed by atoms with Gasteiger partial charge in [0.05, 0.1) is 6.33 Å². The highest BCUT2D eigenvalue weighted by molar-refractivity contribution is 5.83. The SMILES string of the molecule is c1nc(N2C[C@H](c3ccc4c(c3)OCO4)[C@H]3[C@@H]2C2CCN3CC2)c2[nH]cnc2n1. The molecule has 4 saturated heterocycles. The highest BCUT2D eigenvalue weighted by Crippen LogP contribution is 2.49. The number of nitrogens with one attached hydrogen (secondary N) is 1. The third kappa shape index (κ3) is 2.20. The molecular formula is C21H22N6O2. The number of ether oxygens (including phenoxy) is 2. The molecule has 0 amide bonds. The third-order valence-electron chi connectivity index (χ3n) is 7.29. The van der Waals surface area contributed by atoms with Gasteiger partial charge in [0.25, 0.3) is 0 Å². The summed E-state index contributed by atoms with van der Waals surface area (Å²) in [4.78, 5) is 21.9. The fourth-order valence-corrected chi connectivity index (χ4v) is 6.07. The zero-order valence-corrected chi connectivity index (χ0v) is 16.0. The molecule has 1 N–H and O–H groups in total. The van der Waals surface area contributed by atoms with Gasteiger partial charge in [-0.05, 0) is 49.5 Å². The number of anilines is 1. The first-order chi connectivity index (χ1) is 14.4. The van der Waals surface area contributed by atoms with Gasteiger partial charge in [-0.2, -0.15) is 0 Å². The Hall–Kier alpha value is -2.87. The molecule has 1 aromatic carbocycles. The van der Waals surface area contributed by atoms with E-state index in [0.29, 0.717) is 30.7 Å². The van der Waals surface area contributed by atoms with Gasteiger partial charge in [-0.1, -0.05) is 6.07 Å². The Morgan fingerprint density at radius 1 is 1.00 bits per heavy atom. The molecule has 0 spiro atoms. The molecule has 5 aliphatic heterocycles. The van der Waals surface area contributed by atoms with Crippen LogP contribution in [0.3, 0.4) is 0 Å². The van der Waals surface area contributed by atoms with Crippen molar-refractivity contribution in [2.24, 2.45) is 5.92 Å². The zero-order valence-electron chi connectivity index (χ0n) is 16.0. The summed E-state index contributed by atoms with van der Waals surface area (Å²) in [5.74, 6) is 3.81. The van der Waals surface area contributed by atoms with Crippen LogP contribution in [0, 0.1) is 5.92 Å². The lowest BCUT2D eigenvalue weighted by atomic mass is 9.75. The molecule has 3 aromatic rings. The number of H-pyrrole nitrogens is 1. The second-order valence-corrected chi connectivity index (χ2v) is 8.52. The molecule has 0 unspecified atom stereocenters. The number of hydrogen-bond acceptors (Lipinski definition) is 7. The van der Waals surface area contributed by atoms with Gasteiger partial charge in [0.15, 0.2) is 23.0 Å². The van der Waals surface area contributed by atoms with Gasteiger partial charge in [-0.25, -0.2) is 15.0 Å². The monoisotopic (exact) mass is 390 g/mol. The lowest BCUT2D eigenvalue weighted by molar-refractivity contribution is 0.0355. The van der Waals surface area contributed by atoms with Crippen molar-refractivity contribution in [2.45, 2.75) is 30.8 Å². The summed E-state index contributed by atoms with van der Waals surface area (Å²) < 4.78 is 11.2. The van der Waals surface area contributed by atoms with E-state index >= 15 is 0 Å². The summed E-state index contributed by atoms with van der Waals surface area (Å²) in [5.41, 5.74) is 3.00. The van der Waals surface area contributed by atoms with Gasteiger partial charge < -0.3 is 19.4 Å². The first kappa shape index (κ1) is 16.0. The van der Waals surface area contributed by atoms with Crippen molar-refractivity contribution < 1.29 is 9.47 Å². The minimum absolute atomic E-state index is 0.314. The van der Waals surface area contributed by atoms with Crippen molar-refractivity contribution >= 4 is 17.0 Å². The Kier molecular flexibility index (Phi) is 3.21. The summed E-state index contributed by atoms with van der Waals surface area (Å²) in [6, 6.07) is 7.42. The Balaban J connectivity index is 1.35. The molecule has 2 bridgehead atoms. The van der Waals surface area contributed by atoms with E-state index in [1.807, 2.05) is 0 Å². The van der Waals surface area contributed by atoms with Crippen LogP contribution in [-0.2, 0) is 0 Å². The van der Waals surface area contributed by atoms with Crippen molar-refractivity contribution in [3.8, 4) is 11.5 Å². The minimum Gasteiger partial charge on any atom is -0.454 e. The van der Waals surface area contributed by atoms with Gasteiger partial charge in [-0.3, -0.25) is 4.90 Å². The topological polar surface area (TPSA) is 79.4 Å². The number of aromatic nitrogens is 4. The van der Waals surface area contributed by atoms with E-state index in [9.17, 15) is 0 Å². The highest BCUT2D eigenvalue weighted by Gasteiger charge is 2.54. The molecule has 2 aromatic heterocycles. The van der Waals surface area contributed by atoms with Gasteiger partial charge in [0.1, 0.15) is 11.8 Å². The van der Waals surface area contributed by atoms with E-state index in [1.165, 1.54) is 31.5 Å². The second kappa shape index (κ2) is 5.82. The molecule has 8 rings (SSSR count). The quantitative estimate of drug-likeness (QED) is 0.718. The summed E-state index contributed by atoms with van der Waals surface area (Å²) >= 11 is 0. The Labute approximate surface area is 167 Å². The highest BCUT2D eigenvalue weighted by atomic mass is 16.7. The van der Waals surface area contributed by atoms with Crippen molar-refractivity contribution in [1.29, 1.82) is 0 Å². The van der Waals surface area contributed by atoms with Crippen molar-refractivity contribution in [3.05, 3.63) is 36.4 Å². The van der Waals surface area contributed by atoms with Crippen LogP contribution in [0.5, 0.6) is 11.5 Å². The van der Waals surface area contributed by atoms with Gasteiger partial charge in [0, 0.05) is 24.5 Å². The van der Waals surface area contributed by atoms with Crippen LogP contribution in [0.1, 0.15) is 24.3 Å². The first-order valence-corrected chi connectivity index (χ1v) is 10.4.